The Labute approximate surface area is 216 Å². The fourth-order valence-electron chi connectivity index (χ4n) is 3.05. The summed E-state index contributed by atoms with van der Waals surface area (Å²) < 4.78 is 6.78. The summed E-state index contributed by atoms with van der Waals surface area (Å²) in [6.45, 7) is 3.64. The average Bonchev–Trinajstić information content (AvgIpc) is 3.26. The van der Waals surface area contributed by atoms with Crippen molar-refractivity contribution in [3.63, 3.8) is 0 Å². The number of amides is 2. The van der Waals surface area contributed by atoms with Crippen molar-refractivity contribution < 1.29 is 19.4 Å². The van der Waals surface area contributed by atoms with Crippen molar-refractivity contribution >= 4 is 52.5 Å². The number of aliphatic hydroxyl groups is 1. The molecule has 0 saturated carbocycles. The largest absolute Gasteiger partial charge is 0.497 e. The Morgan fingerprint density at radius 3 is 2.63 bits per heavy atom. The van der Waals surface area contributed by atoms with Gasteiger partial charge in [-0.25, -0.2) is 0 Å². The second-order valence-corrected chi connectivity index (χ2v) is 8.92. The Morgan fingerprint density at radius 2 is 1.97 bits per heavy atom. The van der Waals surface area contributed by atoms with Crippen LogP contribution in [0.15, 0.2) is 60.3 Å². The Balaban J connectivity index is 1.71. The maximum absolute atomic E-state index is 12.7. The molecule has 9 nitrogen and oxygen atoms in total. The van der Waals surface area contributed by atoms with E-state index in [2.05, 4.69) is 27.4 Å². The number of aliphatic hydroxyl groups excluding tert-OH is 1. The number of nitrogens with one attached hydrogen (secondary N) is 2. The van der Waals surface area contributed by atoms with Gasteiger partial charge in [-0.15, -0.1) is 16.8 Å². The zero-order valence-corrected chi connectivity index (χ0v) is 21.0. The highest BCUT2D eigenvalue weighted by Crippen LogP contribution is 2.26. The normalized spacial score (nSPS) is 11.5. The first-order valence-corrected chi connectivity index (χ1v) is 12.1. The summed E-state index contributed by atoms with van der Waals surface area (Å²) in [5.41, 5.74) is 0.796. The van der Waals surface area contributed by atoms with E-state index in [1.807, 2.05) is 0 Å². The minimum Gasteiger partial charge on any atom is -0.497 e. The van der Waals surface area contributed by atoms with Crippen molar-refractivity contribution in [3.8, 4) is 5.75 Å². The molecule has 0 aliphatic carbocycles. The van der Waals surface area contributed by atoms with Gasteiger partial charge in [0.2, 0.25) is 5.91 Å². The van der Waals surface area contributed by atoms with E-state index in [9.17, 15) is 14.7 Å². The molecule has 0 saturated heterocycles. The first kappa shape index (κ1) is 26.6. The molecule has 1 heterocycles. The van der Waals surface area contributed by atoms with E-state index in [0.717, 1.165) is 11.8 Å². The highest BCUT2D eigenvalue weighted by molar-refractivity contribution is 7.99. The van der Waals surface area contributed by atoms with E-state index >= 15 is 0 Å². The summed E-state index contributed by atoms with van der Waals surface area (Å²) >= 11 is 13.2. The number of carbonyl (C=O) groups is 2. The number of allylic oxidation sites excluding steroid dienone is 1. The third kappa shape index (κ3) is 6.98. The monoisotopic (exact) mass is 535 g/mol. The Morgan fingerprint density at radius 1 is 1.23 bits per heavy atom. The van der Waals surface area contributed by atoms with Crippen molar-refractivity contribution in [2.45, 2.75) is 17.7 Å². The number of halogens is 2. The first-order chi connectivity index (χ1) is 16.9. The van der Waals surface area contributed by atoms with E-state index in [0.29, 0.717) is 44.6 Å². The lowest BCUT2D eigenvalue weighted by Crippen LogP contribution is -2.33. The molecule has 1 atom stereocenters. The van der Waals surface area contributed by atoms with Crippen LogP contribution in [-0.2, 0) is 11.3 Å². The summed E-state index contributed by atoms with van der Waals surface area (Å²) in [4.78, 5) is 25.1. The van der Waals surface area contributed by atoms with Gasteiger partial charge in [0.15, 0.2) is 11.0 Å². The molecule has 1 unspecified atom stereocenters. The molecular formula is C23H23Cl2N5O4S. The molecular weight excluding hydrogens is 513 g/mol. The molecule has 3 aromatic rings. The molecule has 3 N–H and O–H groups in total. The molecule has 3 rings (SSSR count). The topological polar surface area (TPSA) is 118 Å². The van der Waals surface area contributed by atoms with E-state index in [-0.39, 0.29) is 11.7 Å². The van der Waals surface area contributed by atoms with E-state index < -0.39 is 18.6 Å². The number of aromatic nitrogens is 3. The van der Waals surface area contributed by atoms with Crippen LogP contribution in [0.3, 0.4) is 0 Å². The molecule has 0 radical (unpaired) electrons. The standard InChI is InChI=1S/C23H23Cl2N5O4S/c1-3-10-30-21(19(12-31)27-22(33)14-4-7-16(34-2)8-5-14)28-29-23(30)35-13-20(32)26-18-11-15(24)6-9-17(18)25/h3-9,11,19,31H,1,10,12-13H2,2H3,(H,26,32)(H,27,33). The molecule has 2 amide bonds. The van der Waals surface area contributed by atoms with Gasteiger partial charge in [0, 0.05) is 17.1 Å². The number of anilines is 1. The predicted octanol–water partition coefficient (Wildman–Crippen LogP) is 3.97. The number of thioether (sulfide) groups is 1. The number of hydrogen-bond donors (Lipinski definition) is 3. The lowest BCUT2D eigenvalue weighted by Gasteiger charge is -2.17. The quantitative estimate of drug-likeness (QED) is 0.251. The molecule has 0 spiro atoms. The second-order valence-electron chi connectivity index (χ2n) is 7.14. The van der Waals surface area contributed by atoms with Crippen LogP contribution < -0.4 is 15.4 Å². The van der Waals surface area contributed by atoms with E-state index in [1.54, 1.807) is 53.1 Å². The average molecular weight is 536 g/mol. The van der Waals surface area contributed by atoms with Gasteiger partial charge in [-0.3, -0.25) is 9.59 Å². The highest BCUT2D eigenvalue weighted by atomic mass is 35.5. The zero-order chi connectivity index (χ0) is 25.4. The van der Waals surface area contributed by atoms with Gasteiger partial charge >= 0.3 is 0 Å². The van der Waals surface area contributed by atoms with Gasteiger partial charge in [-0.1, -0.05) is 41.0 Å². The minimum absolute atomic E-state index is 0.0140. The van der Waals surface area contributed by atoms with Crippen molar-refractivity contribution in [2.75, 3.05) is 24.8 Å². The zero-order valence-electron chi connectivity index (χ0n) is 18.7. The van der Waals surface area contributed by atoms with Crippen LogP contribution in [0.1, 0.15) is 22.2 Å². The number of nitrogens with zero attached hydrogens (tertiary/aromatic N) is 3. The molecule has 12 heteroatoms. The van der Waals surface area contributed by atoms with Gasteiger partial charge in [-0.2, -0.15) is 0 Å². The van der Waals surface area contributed by atoms with Gasteiger partial charge < -0.3 is 25.0 Å². The number of rotatable bonds is 11. The molecule has 0 bridgehead atoms. The van der Waals surface area contributed by atoms with E-state index in [1.165, 1.54) is 7.11 Å². The Kier molecular flexibility index (Phi) is 9.55. The molecule has 35 heavy (non-hydrogen) atoms. The van der Waals surface area contributed by atoms with Crippen molar-refractivity contribution in [1.82, 2.24) is 20.1 Å². The van der Waals surface area contributed by atoms with E-state index in [4.69, 9.17) is 27.9 Å². The number of methoxy groups -OCH3 is 1. The van der Waals surface area contributed by atoms with Crippen LogP contribution in [0.4, 0.5) is 5.69 Å². The molecule has 2 aromatic carbocycles. The Bertz CT molecular complexity index is 1200. The summed E-state index contributed by atoms with van der Waals surface area (Å²) in [5, 5.41) is 24.9. The van der Waals surface area contributed by atoms with Gasteiger partial charge in [0.25, 0.3) is 5.91 Å². The van der Waals surface area contributed by atoms with Gasteiger partial charge in [0.1, 0.15) is 11.8 Å². The fraction of sp³-hybridized carbons (Fsp3) is 0.217. The molecule has 184 valence electrons. The lowest BCUT2D eigenvalue weighted by molar-refractivity contribution is -0.113. The SMILES string of the molecule is C=CCn1c(SCC(=O)Nc2cc(Cl)ccc2Cl)nnc1C(CO)NC(=O)c1ccc(OC)cc1. The third-order valence-electron chi connectivity index (χ3n) is 4.74. The van der Waals surface area contributed by atoms with Gasteiger partial charge in [-0.05, 0) is 42.5 Å². The smallest absolute Gasteiger partial charge is 0.251 e. The van der Waals surface area contributed by atoms with Crippen LogP contribution >= 0.6 is 35.0 Å². The van der Waals surface area contributed by atoms with Crippen molar-refractivity contribution in [3.05, 3.63) is 76.6 Å². The number of benzene rings is 2. The Hall–Kier alpha value is -3.05. The molecule has 0 fully saturated rings. The van der Waals surface area contributed by atoms with Crippen LogP contribution in [0.2, 0.25) is 10.0 Å². The summed E-state index contributed by atoms with van der Waals surface area (Å²) in [7, 11) is 1.54. The van der Waals surface area contributed by atoms with Gasteiger partial charge in [0.05, 0.1) is 30.2 Å². The third-order valence-corrected chi connectivity index (χ3v) is 6.28. The number of hydrogen-bond acceptors (Lipinski definition) is 7. The maximum Gasteiger partial charge on any atom is 0.251 e. The number of carbonyl (C=O) groups excluding carboxylic acids is 2. The molecule has 0 aliphatic heterocycles. The first-order valence-electron chi connectivity index (χ1n) is 10.3. The van der Waals surface area contributed by atoms with Crippen molar-refractivity contribution in [1.29, 1.82) is 0 Å². The number of ether oxygens (including phenoxy) is 1. The van der Waals surface area contributed by atoms with Crippen LogP contribution in [0.25, 0.3) is 0 Å². The summed E-state index contributed by atoms with van der Waals surface area (Å²) in [6, 6.07) is 10.5. The fourth-order valence-corrected chi connectivity index (χ4v) is 4.14. The molecule has 0 aliphatic rings. The van der Waals surface area contributed by atoms with Crippen LogP contribution in [-0.4, -0.2) is 51.2 Å². The minimum atomic E-state index is -0.828. The van der Waals surface area contributed by atoms with Crippen LogP contribution in [0.5, 0.6) is 5.75 Å². The second kappa shape index (κ2) is 12.6. The predicted molar refractivity (Wildman–Crippen MR) is 136 cm³/mol. The summed E-state index contributed by atoms with van der Waals surface area (Å²) in [5.74, 6) is 0.247. The van der Waals surface area contributed by atoms with Crippen molar-refractivity contribution in [2.24, 2.45) is 0 Å². The maximum atomic E-state index is 12.7. The summed E-state index contributed by atoms with van der Waals surface area (Å²) in [6.07, 6.45) is 1.63. The molecule has 1 aromatic heterocycles. The lowest BCUT2D eigenvalue weighted by atomic mass is 10.2. The van der Waals surface area contributed by atoms with Crippen LogP contribution in [0, 0.1) is 0 Å². The highest BCUT2D eigenvalue weighted by Gasteiger charge is 2.23.